The molecule has 1 saturated heterocycles. The Morgan fingerprint density at radius 3 is 2.79 bits per heavy atom. The Kier molecular flexibility index (Phi) is 5.21. The zero-order valence-corrected chi connectivity index (χ0v) is 17.4. The third-order valence-electron chi connectivity index (χ3n) is 4.76. The van der Waals surface area contributed by atoms with Gasteiger partial charge in [-0.1, -0.05) is 0 Å². The molecule has 0 bridgehead atoms. The minimum absolute atomic E-state index is 0.314. The van der Waals surface area contributed by atoms with Crippen LogP contribution in [-0.4, -0.2) is 46.5 Å². The molecule has 1 fully saturated rings. The minimum Gasteiger partial charge on any atom is -0.323 e. The van der Waals surface area contributed by atoms with E-state index >= 15 is 0 Å². The predicted molar refractivity (Wildman–Crippen MR) is 110 cm³/mol. The molecular weight excluding hydrogens is 412 g/mol. The molecule has 4 rings (SSSR count). The standard InChI is InChI=1S/C18H20N6O3S2/c1-23-11-12(9-20-23)16-5-6-17(28-16)14-8-15(24(2)29(26,27)22-14)18(25)21-13-4-3-7-19-10-13/h3-7,9-11,14-15,22H,8H2,1-2H3,(H,21,25)/t14-,15+/m1/s1. The van der Waals surface area contributed by atoms with E-state index in [9.17, 15) is 13.2 Å². The lowest BCUT2D eigenvalue weighted by Gasteiger charge is -2.35. The van der Waals surface area contributed by atoms with Crippen LogP contribution in [0.2, 0.25) is 0 Å². The van der Waals surface area contributed by atoms with Gasteiger partial charge in [0.05, 0.1) is 24.1 Å². The van der Waals surface area contributed by atoms with Gasteiger partial charge < -0.3 is 5.32 Å². The summed E-state index contributed by atoms with van der Waals surface area (Å²) in [5.41, 5.74) is 1.48. The molecule has 11 heteroatoms. The van der Waals surface area contributed by atoms with E-state index in [1.54, 1.807) is 29.2 Å². The van der Waals surface area contributed by atoms with Crippen LogP contribution in [0.25, 0.3) is 10.4 Å². The van der Waals surface area contributed by atoms with Crippen molar-refractivity contribution < 1.29 is 13.2 Å². The van der Waals surface area contributed by atoms with Crippen LogP contribution in [0.4, 0.5) is 5.69 Å². The first-order valence-corrected chi connectivity index (χ1v) is 11.1. The highest BCUT2D eigenvalue weighted by atomic mass is 32.2. The highest BCUT2D eigenvalue weighted by Crippen LogP contribution is 2.36. The van der Waals surface area contributed by atoms with Crippen LogP contribution in [0.5, 0.6) is 0 Å². The van der Waals surface area contributed by atoms with Crippen molar-refractivity contribution in [2.24, 2.45) is 7.05 Å². The van der Waals surface area contributed by atoms with Gasteiger partial charge in [-0.05, 0) is 30.7 Å². The molecule has 3 aromatic rings. The lowest BCUT2D eigenvalue weighted by molar-refractivity contribution is -0.120. The average molecular weight is 433 g/mol. The number of pyridine rings is 1. The number of aromatic nitrogens is 3. The number of nitrogens with zero attached hydrogens (tertiary/aromatic N) is 4. The predicted octanol–water partition coefficient (Wildman–Crippen LogP) is 1.76. The van der Waals surface area contributed by atoms with E-state index in [-0.39, 0.29) is 5.91 Å². The van der Waals surface area contributed by atoms with E-state index in [1.807, 2.05) is 25.4 Å². The van der Waals surface area contributed by atoms with Crippen molar-refractivity contribution in [2.45, 2.75) is 18.5 Å². The molecule has 1 aliphatic heterocycles. The van der Waals surface area contributed by atoms with Crippen molar-refractivity contribution in [1.82, 2.24) is 23.8 Å². The van der Waals surface area contributed by atoms with Crippen LogP contribution in [-0.2, 0) is 22.1 Å². The van der Waals surface area contributed by atoms with E-state index in [2.05, 4.69) is 20.1 Å². The smallest absolute Gasteiger partial charge is 0.280 e. The Morgan fingerprint density at radius 2 is 2.10 bits per heavy atom. The van der Waals surface area contributed by atoms with E-state index in [4.69, 9.17) is 0 Å². The van der Waals surface area contributed by atoms with E-state index < -0.39 is 22.3 Å². The summed E-state index contributed by atoms with van der Waals surface area (Å²) >= 11 is 1.49. The summed E-state index contributed by atoms with van der Waals surface area (Å²) in [4.78, 5) is 18.6. The fourth-order valence-corrected chi connectivity index (χ4v) is 5.59. The third kappa shape index (κ3) is 4.08. The summed E-state index contributed by atoms with van der Waals surface area (Å²) in [5.74, 6) is -0.389. The lowest BCUT2D eigenvalue weighted by atomic mass is 10.1. The Bertz CT molecular complexity index is 1130. The Labute approximate surface area is 172 Å². The summed E-state index contributed by atoms with van der Waals surface area (Å²) < 4.78 is 30.7. The molecule has 152 valence electrons. The van der Waals surface area contributed by atoms with Crippen LogP contribution in [0.1, 0.15) is 17.3 Å². The van der Waals surface area contributed by atoms with Crippen molar-refractivity contribution in [3.05, 3.63) is 53.9 Å². The maximum absolute atomic E-state index is 12.8. The van der Waals surface area contributed by atoms with Crippen LogP contribution >= 0.6 is 11.3 Å². The van der Waals surface area contributed by atoms with Crippen LogP contribution in [0.15, 0.2) is 49.1 Å². The molecule has 0 aromatic carbocycles. The minimum atomic E-state index is -3.80. The molecule has 0 unspecified atom stereocenters. The molecule has 4 heterocycles. The maximum Gasteiger partial charge on any atom is 0.280 e. The van der Waals surface area contributed by atoms with Gasteiger partial charge in [0.1, 0.15) is 6.04 Å². The Hall–Kier alpha value is -2.60. The summed E-state index contributed by atoms with van der Waals surface area (Å²) in [5, 5.41) is 6.91. The molecule has 0 saturated carbocycles. The number of hydrogen-bond donors (Lipinski definition) is 2. The van der Waals surface area contributed by atoms with Gasteiger partial charge in [-0.2, -0.15) is 22.5 Å². The fourth-order valence-electron chi connectivity index (χ4n) is 3.20. The first kappa shape index (κ1) is 19.7. The highest BCUT2D eigenvalue weighted by Gasteiger charge is 2.41. The second kappa shape index (κ2) is 7.67. The van der Waals surface area contributed by atoms with Crippen LogP contribution < -0.4 is 10.0 Å². The van der Waals surface area contributed by atoms with Gasteiger partial charge in [0.15, 0.2) is 0 Å². The number of nitrogens with one attached hydrogen (secondary N) is 2. The zero-order chi connectivity index (χ0) is 20.6. The first-order chi connectivity index (χ1) is 13.8. The quantitative estimate of drug-likeness (QED) is 0.653. The summed E-state index contributed by atoms with van der Waals surface area (Å²) in [6, 6.07) is 5.91. The van der Waals surface area contributed by atoms with Crippen molar-refractivity contribution in [1.29, 1.82) is 0 Å². The van der Waals surface area contributed by atoms with E-state index in [0.29, 0.717) is 12.1 Å². The monoisotopic (exact) mass is 432 g/mol. The summed E-state index contributed by atoms with van der Waals surface area (Å²) in [6.45, 7) is 0. The first-order valence-electron chi connectivity index (χ1n) is 8.88. The van der Waals surface area contributed by atoms with Crippen molar-refractivity contribution in [2.75, 3.05) is 12.4 Å². The van der Waals surface area contributed by atoms with Gasteiger partial charge in [-0.15, -0.1) is 11.3 Å². The number of thiophene rings is 1. The fraction of sp³-hybridized carbons (Fsp3) is 0.278. The molecule has 2 atom stereocenters. The number of rotatable bonds is 4. The number of amides is 1. The van der Waals surface area contributed by atoms with Crippen molar-refractivity contribution in [3.63, 3.8) is 0 Å². The molecule has 9 nitrogen and oxygen atoms in total. The van der Waals surface area contributed by atoms with E-state index in [1.165, 1.54) is 24.6 Å². The Balaban J connectivity index is 1.57. The van der Waals surface area contributed by atoms with Gasteiger partial charge in [-0.25, -0.2) is 0 Å². The molecule has 3 aromatic heterocycles. The average Bonchev–Trinajstić information content (AvgIpc) is 3.33. The maximum atomic E-state index is 12.8. The molecule has 0 spiro atoms. The van der Waals surface area contributed by atoms with Gasteiger partial charge >= 0.3 is 0 Å². The highest BCUT2D eigenvalue weighted by molar-refractivity contribution is 7.87. The number of likely N-dealkylation sites (N-methyl/N-ethyl adjacent to an activating group) is 1. The summed E-state index contributed by atoms with van der Waals surface area (Å²) in [7, 11) is -0.553. The molecule has 2 N–H and O–H groups in total. The second-order valence-electron chi connectivity index (χ2n) is 6.78. The third-order valence-corrected chi connectivity index (χ3v) is 7.60. The number of anilines is 1. The zero-order valence-electron chi connectivity index (χ0n) is 15.8. The number of aryl methyl sites for hydroxylation is 1. The van der Waals surface area contributed by atoms with E-state index in [0.717, 1.165) is 19.6 Å². The van der Waals surface area contributed by atoms with Crippen LogP contribution in [0, 0.1) is 0 Å². The molecule has 1 amide bonds. The number of carbonyl (C=O) groups excluding carboxylic acids is 1. The van der Waals surface area contributed by atoms with Gasteiger partial charge in [0.2, 0.25) is 5.91 Å². The van der Waals surface area contributed by atoms with Gasteiger partial charge in [0.25, 0.3) is 10.2 Å². The van der Waals surface area contributed by atoms with Crippen molar-refractivity contribution >= 4 is 33.1 Å². The van der Waals surface area contributed by atoms with Gasteiger partial charge in [-0.3, -0.25) is 14.5 Å². The Morgan fingerprint density at radius 1 is 1.28 bits per heavy atom. The lowest BCUT2D eigenvalue weighted by Crippen LogP contribution is -2.55. The molecular formula is C18H20N6O3S2. The molecule has 29 heavy (non-hydrogen) atoms. The van der Waals surface area contributed by atoms with Gasteiger partial charge in [0, 0.05) is 41.8 Å². The topological polar surface area (TPSA) is 109 Å². The number of hydrogen-bond acceptors (Lipinski definition) is 6. The normalized spacial score (nSPS) is 21.7. The number of carbonyl (C=O) groups is 1. The molecule has 0 radical (unpaired) electrons. The van der Waals surface area contributed by atoms with Crippen LogP contribution in [0.3, 0.4) is 0 Å². The largest absolute Gasteiger partial charge is 0.323 e. The molecule has 0 aliphatic carbocycles. The van der Waals surface area contributed by atoms with Crippen molar-refractivity contribution in [3.8, 4) is 10.4 Å². The second-order valence-corrected chi connectivity index (χ2v) is 9.66. The SMILES string of the molecule is CN1[C@H](C(=O)Nc2cccnc2)C[C@H](c2ccc(-c3cnn(C)c3)s2)NS1(=O)=O. The summed E-state index contributed by atoms with van der Waals surface area (Å²) in [6.07, 6.45) is 7.10. The molecule has 1 aliphatic rings.